The molecule has 0 fully saturated rings. The lowest BCUT2D eigenvalue weighted by Crippen LogP contribution is -2.74. The summed E-state index contributed by atoms with van der Waals surface area (Å²) in [7, 11) is -1.29. The molecule has 27 heteroatoms. The van der Waals surface area contributed by atoms with Gasteiger partial charge in [-0.2, -0.15) is 74.6 Å². The minimum atomic E-state index is -8.71. The van der Waals surface area contributed by atoms with Crippen LogP contribution in [0.4, 0.5) is 85.1 Å². The number of halogens is 17. The SMILES string of the molecule is CCOC(=O)/C=C/C=C(\C)[C@H](OC)[C@@H](OC(=O)Nc1ccc(OC)cc1)c1ccc(OCCO[Si](CCC(F)(F)C(F)(F)C(F)(F)C(F)(F)C(F)(F)C(F)(F)C(F)(F)C(F)(F)F)(C(C)C)C(C)C)cc1. The van der Waals surface area contributed by atoms with Crippen molar-refractivity contribution in [1.82, 2.24) is 0 Å². The van der Waals surface area contributed by atoms with E-state index in [4.69, 9.17) is 28.1 Å². The molecule has 2 aromatic carbocycles. The summed E-state index contributed by atoms with van der Waals surface area (Å²) in [6, 6.07) is 10.5. The Balaban J connectivity index is 2.37. The molecule has 0 unspecified atom stereocenters. The fourth-order valence-electron chi connectivity index (χ4n) is 6.85. The van der Waals surface area contributed by atoms with E-state index in [2.05, 4.69) is 5.32 Å². The van der Waals surface area contributed by atoms with Gasteiger partial charge in [0.15, 0.2) is 14.4 Å². The van der Waals surface area contributed by atoms with Gasteiger partial charge < -0.3 is 28.1 Å². The molecule has 0 bridgehead atoms. The Labute approximate surface area is 391 Å². The van der Waals surface area contributed by atoms with E-state index >= 15 is 8.78 Å². The van der Waals surface area contributed by atoms with E-state index in [1.165, 1.54) is 90.5 Å². The maximum atomic E-state index is 15.1. The number of ether oxygens (including phenoxy) is 5. The first kappa shape index (κ1) is 61.3. The minimum absolute atomic E-state index is 0.0819. The van der Waals surface area contributed by atoms with E-state index in [1.54, 1.807) is 26.0 Å². The average Bonchev–Trinajstić information content (AvgIpc) is 3.25. The van der Waals surface area contributed by atoms with Crippen LogP contribution in [-0.2, 0) is 23.4 Å². The second kappa shape index (κ2) is 23.2. The number of hydrogen-bond acceptors (Lipinski definition) is 8. The van der Waals surface area contributed by atoms with Crippen molar-refractivity contribution in [2.75, 3.05) is 39.4 Å². The van der Waals surface area contributed by atoms with Crippen molar-refractivity contribution >= 4 is 26.1 Å². The number of allylic oxidation sites excluding steroid dienone is 2. The molecule has 398 valence electrons. The van der Waals surface area contributed by atoms with Crippen molar-refractivity contribution in [3.63, 3.8) is 0 Å². The molecule has 0 saturated heterocycles. The Hall–Kier alpha value is -4.79. The number of rotatable bonds is 26. The summed E-state index contributed by atoms with van der Waals surface area (Å²) in [6.45, 7) is 7.58. The van der Waals surface area contributed by atoms with Crippen LogP contribution < -0.4 is 14.8 Å². The smallest absolute Gasteiger partial charge is 0.460 e. The van der Waals surface area contributed by atoms with Crippen molar-refractivity contribution in [3.05, 3.63) is 77.9 Å². The topological polar surface area (TPSA) is 102 Å². The molecule has 0 spiro atoms. The molecule has 70 heavy (non-hydrogen) atoms. The summed E-state index contributed by atoms with van der Waals surface area (Å²) in [5.41, 5.74) is -0.722. The van der Waals surface area contributed by atoms with Crippen molar-refractivity contribution < 1.29 is 112 Å². The van der Waals surface area contributed by atoms with Gasteiger partial charge in [0.05, 0.1) is 20.3 Å². The summed E-state index contributed by atoms with van der Waals surface area (Å²) in [5.74, 6) is -57.0. The van der Waals surface area contributed by atoms with Crippen LogP contribution in [-0.4, -0.2) is 108 Å². The highest BCUT2D eigenvalue weighted by Gasteiger charge is 2.95. The first-order chi connectivity index (χ1) is 31.9. The van der Waals surface area contributed by atoms with Crippen LogP contribution >= 0.6 is 0 Å². The predicted octanol–water partition coefficient (Wildman–Crippen LogP) is 13.6. The lowest BCUT2D eigenvalue weighted by atomic mass is 9.88. The highest BCUT2D eigenvalue weighted by Crippen LogP contribution is 2.64. The molecule has 0 radical (unpaired) electrons. The molecular formula is C43H50F17NO8Si. The third kappa shape index (κ3) is 12.8. The van der Waals surface area contributed by atoms with Crippen LogP contribution in [0.25, 0.3) is 0 Å². The summed E-state index contributed by atoms with van der Waals surface area (Å²) in [6.07, 6.45) is -9.52. The first-order valence-corrected chi connectivity index (χ1v) is 22.9. The number of carbonyl (C=O) groups is 2. The Morgan fingerprint density at radius 3 is 1.61 bits per heavy atom. The highest BCUT2D eigenvalue weighted by molar-refractivity contribution is 6.76. The van der Waals surface area contributed by atoms with Crippen LogP contribution in [0.1, 0.15) is 59.6 Å². The predicted molar refractivity (Wildman–Crippen MR) is 220 cm³/mol. The van der Waals surface area contributed by atoms with Gasteiger partial charge in [-0.15, -0.1) is 0 Å². The van der Waals surface area contributed by atoms with Crippen LogP contribution in [0.3, 0.4) is 0 Å². The maximum absolute atomic E-state index is 15.1. The Morgan fingerprint density at radius 2 is 1.16 bits per heavy atom. The van der Waals surface area contributed by atoms with E-state index in [1.807, 2.05) is 0 Å². The van der Waals surface area contributed by atoms with Crippen molar-refractivity contribution in [1.29, 1.82) is 0 Å². The highest BCUT2D eigenvalue weighted by atomic mass is 28.4. The standard InChI is InChI=1S/C43H50F17NO8Si/c1-9-66-32(62)12-10-11-27(6)33(65-8)34(69-35(63)61-29-15-19-30(64-7)20-16-29)28-13-17-31(18-14-28)67-22-23-68-70(25(2)3,26(4)5)24-21-36(44,45)37(46,47)38(48,49)39(50,51)40(52,53)41(54,55)42(56,57)43(58,59)60/h10-20,25-26,33-34H,9,21-24H2,1-8H3,(H,61,63)/b12-10+,27-11+/t33-,34-/m0/s1. The van der Waals surface area contributed by atoms with E-state index < -0.39 is 117 Å². The van der Waals surface area contributed by atoms with Gasteiger partial charge in [0.2, 0.25) is 0 Å². The van der Waals surface area contributed by atoms with Crippen LogP contribution in [0.5, 0.6) is 11.5 Å². The van der Waals surface area contributed by atoms with Gasteiger partial charge in [-0.1, -0.05) is 52.0 Å². The number of anilines is 1. The molecule has 1 amide bonds. The summed E-state index contributed by atoms with van der Waals surface area (Å²) in [4.78, 5) is 25.0. The summed E-state index contributed by atoms with van der Waals surface area (Å²) < 4.78 is 270. The molecule has 0 aliphatic rings. The van der Waals surface area contributed by atoms with Gasteiger partial charge in [-0.3, -0.25) is 5.32 Å². The number of benzene rings is 2. The second-order valence-electron chi connectivity index (χ2n) is 16.0. The zero-order valence-electron chi connectivity index (χ0n) is 38.4. The largest absolute Gasteiger partial charge is 0.497 e. The molecule has 1 N–H and O–H groups in total. The second-order valence-corrected chi connectivity index (χ2v) is 21.0. The van der Waals surface area contributed by atoms with Gasteiger partial charge >= 0.3 is 59.7 Å². The fourth-order valence-corrected chi connectivity index (χ4v) is 11.3. The quantitative estimate of drug-likeness (QED) is 0.0248. The van der Waals surface area contributed by atoms with Crippen molar-refractivity contribution in [2.24, 2.45) is 0 Å². The van der Waals surface area contributed by atoms with E-state index in [9.17, 15) is 75.4 Å². The minimum Gasteiger partial charge on any atom is -0.497 e. The maximum Gasteiger partial charge on any atom is 0.460 e. The Morgan fingerprint density at radius 1 is 0.671 bits per heavy atom. The van der Waals surface area contributed by atoms with Crippen LogP contribution in [0.2, 0.25) is 17.1 Å². The van der Waals surface area contributed by atoms with Crippen LogP contribution in [0.15, 0.2) is 72.3 Å². The Bertz CT molecular complexity index is 2070. The number of esters is 1. The Kier molecular flexibility index (Phi) is 20.3. The molecule has 2 rings (SSSR count). The zero-order chi connectivity index (χ0) is 54.1. The molecule has 0 aliphatic heterocycles. The van der Waals surface area contributed by atoms with Gasteiger partial charge in [0.25, 0.3) is 0 Å². The number of nitrogens with one attached hydrogen (secondary N) is 1. The molecule has 2 atom stereocenters. The lowest BCUT2D eigenvalue weighted by molar-refractivity contribution is -0.461. The molecule has 0 aromatic heterocycles. The molecule has 0 heterocycles. The molecular weight excluding hydrogens is 1010 g/mol. The number of carbonyl (C=O) groups excluding carboxylic acids is 2. The van der Waals surface area contributed by atoms with E-state index in [-0.39, 0.29) is 12.4 Å². The van der Waals surface area contributed by atoms with Gasteiger partial charge in [-0.05, 0) is 78.5 Å². The third-order valence-corrected chi connectivity index (χ3v) is 16.6. The monoisotopic (exact) mass is 1060 g/mol. The van der Waals surface area contributed by atoms with E-state index in [0.717, 1.165) is 6.08 Å². The van der Waals surface area contributed by atoms with Gasteiger partial charge in [0.1, 0.15) is 24.2 Å². The lowest BCUT2D eigenvalue weighted by Gasteiger charge is -2.44. The molecule has 0 saturated carbocycles. The number of hydrogen-bond donors (Lipinski definition) is 1. The molecule has 0 aliphatic carbocycles. The first-order valence-electron chi connectivity index (χ1n) is 20.6. The molecule has 2 aromatic rings. The van der Waals surface area contributed by atoms with Gasteiger partial charge in [-0.25, -0.2) is 9.59 Å². The number of amides is 1. The average molecular weight is 1060 g/mol. The van der Waals surface area contributed by atoms with Crippen LogP contribution in [0, 0.1) is 0 Å². The zero-order valence-corrected chi connectivity index (χ0v) is 39.4. The van der Waals surface area contributed by atoms with Gasteiger partial charge in [0, 0.05) is 25.3 Å². The number of methoxy groups -OCH3 is 2. The third-order valence-electron chi connectivity index (χ3n) is 10.9. The van der Waals surface area contributed by atoms with E-state index in [0.29, 0.717) is 22.6 Å². The van der Waals surface area contributed by atoms with Crippen molar-refractivity contribution in [2.45, 2.75) is 125 Å². The normalized spacial score (nSPS) is 15.0. The summed E-state index contributed by atoms with van der Waals surface area (Å²) >= 11 is 0. The van der Waals surface area contributed by atoms with Crippen molar-refractivity contribution in [3.8, 4) is 11.5 Å². The number of alkyl halides is 17. The fraction of sp³-hybridized carbons (Fsp3) is 0.581. The summed E-state index contributed by atoms with van der Waals surface area (Å²) in [5, 5.41) is 2.56. The molecule has 9 nitrogen and oxygen atoms in total.